The molecule has 2 aromatic rings. The lowest BCUT2D eigenvalue weighted by molar-refractivity contribution is -0.384. The van der Waals surface area contributed by atoms with Crippen LogP contribution in [0.5, 0.6) is 0 Å². The van der Waals surface area contributed by atoms with Gasteiger partial charge in [0.1, 0.15) is 11.5 Å². The Morgan fingerprint density at radius 3 is 2.24 bits per heavy atom. The highest BCUT2D eigenvalue weighted by Crippen LogP contribution is 2.43. The van der Waals surface area contributed by atoms with Crippen LogP contribution in [0.3, 0.4) is 0 Å². The molecule has 37 heavy (non-hydrogen) atoms. The Hall–Kier alpha value is -3.38. The van der Waals surface area contributed by atoms with Crippen LogP contribution in [0.25, 0.3) is 0 Å². The number of benzene rings is 2. The van der Waals surface area contributed by atoms with E-state index in [1.165, 1.54) is 28.6 Å². The Bertz CT molecular complexity index is 1360. The summed E-state index contributed by atoms with van der Waals surface area (Å²) in [5, 5.41) is 12.0. The molecule has 196 valence electrons. The van der Waals surface area contributed by atoms with Crippen molar-refractivity contribution in [1.82, 2.24) is 4.31 Å². The summed E-state index contributed by atoms with van der Waals surface area (Å²) in [5.41, 5.74) is 0.221. The lowest BCUT2D eigenvalue weighted by atomic mass is 9.76. The standard InChI is InChI=1S/C25H27FN4O6S/c1-16-2-8-20-21(14-16)25(32)29(24(20)31)18-5-9-22(23(15-18)30(33)34)27-10-12-28(13-11-27)37(35,36)19-6-3-17(26)4-7-19/h3-7,9,15-16,20-21H,2,8,10-14H2,1H3/t16-,20+,21+/m1/s1. The number of anilines is 2. The SMILES string of the molecule is C[C@@H]1CC[C@@H]2C(=O)N(c3ccc(N4CCN(S(=O)(=O)c5ccc(F)cc5)CC4)c([N+](=O)[O-])c3)C(=O)[C@H]2C1. The van der Waals surface area contributed by atoms with Crippen molar-refractivity contribution < 1.29 is 27.3 Å². The quantitative estimate of drug-likeness (QED) is 0.331. The number of rotatable bonds is 5. The first-order chi connectivity index (χ1) is 17.6. The van der Waals surface area contributed by atoms with Gasteiger partial charge in [-0.15, -0.1) is 0 Å². The highest BCUT2D eigenvalue weighted by atomic mass is 32.2. The lowest BCUT2D eigenvalue weighted by Crippen LogP contribution is -2.48. The van der Waals surface area contributed by atoms with Crippen LogP contribution in [-0.4, -0.2) is 55.6 Å². The van der Waals surface area contributed by atoms with E-state index in [-0.39, 0.29) is 71.8 Å². The molecule has 3 atom stereocenters. The zero-order valence-corrected chi connectivity index (χ0v) is 21.1. The van der Waals surface area contributed by atoms with E-state index in [0.717, 1.165) is 23.5 Å². The van der Waals surface area contributed by atoms with Crippen molar-refractivity contribution in [3.05, 3.63) is 58.4 Å². The Labute approximate surface area is 213 Å². The molecule has 0 spiro atoms. The number of piperazine rings is 1. The van der Waals surface area contributed by atoms with Crippen LogP contribution in [0.15, 0.2) is 47.4 Å². The zero-order valence-electron chi connectivity index (χ0n) is 20.2. The van der Waals surface area contributed by atoms with Gasteiger partial charge in [0, 0.05) is 32.2 Å². The normalized spacial score (nSPS) is 24.9. The van der Waals surface area contributed by atoms with Crippen LogP contribution < -0.4 is 9.80 Å². The van der Waals surface area contributed by atoms with E-state index in [4.69, 9.17) is 0 Å². The molecule has 1 saturated carbocycles. The summed E-state index contributed by atoms with van der Waals surface area (Å²) in [5.74, 6) is -1.55. The predicted molar refractivity (Wildman–Crippen MR) is 133 cm³/mol. The van der Waals surface area contributed by atoms with Crippen LogP contribution >= 0.6 is 0 Å². The first-order valence-corrected chi connectivity index (χ1v) is 13.7. The fourth-order valence-electron chi connectivity index (χ4n) is 5.63. The summed E-state index contributed by atoms with van der Waals surface area (Å²) >= 11 is 0. The lowest BCUT2D eigenvalue weighted by Gasteiger charge is -2.35. The van der Waals surface area contributed by atoms with Gasteiger partial charge in [-0.3, -0.25) is 19.7 Å². The number of hydrogen-bond donors (Lipinski definition) is 0. The van der Waals surface area contributed by atoms with Gasteiger partial charge in [-0.1, -0.05) is 6.92 Å². The molecule has 2 heterocycles. The molecule has 3 fully saturated rings. The fraction of sp³-hybridized carbons (Fsp3) is 0.440. The van der Waals surface area contributed by atoms with Gasteiger partial charge in [0.15, 0.2) is 0 Å². The number of nitro groups is 1. The monoisotopic (exact) mass is 530 g/mol. The molecule has 1 aliphatic carbocycles. The first kappa shape index (κ1) is 25.3. The highest BCUT2D eigenvalue weighted by molar-refractivity contribution is 7.89. The zero-order chi connectivity index (χ0) is 26.5. The van der Waals surface area contributed by atoms with Crippen LogP contribution in [0.1, 0.15) is 26.2 Å². The third-order valence-corrected chi connectivity index (χ3v) is 9.55. The second-order valence-electron chi connectivity index (χ2n) is 9.92. The first-order valence-electron chi connectivity index (χ1n) is 12.2. The molecule has 2 aliphatic heterocycles. The van der Waals surface area contributed by atoms with E-state index >= 15 is 0 Å². The van der Waals surface area contributed by atoms with Crippen LogP contribution in [-0.2, 0) is 19.6 Å². The van der Waals surface area contributed by atoms with Crippen molar-refractivity contribution >= 4 is 38.9 Å². The molecule has 2 saturated heterocycles. The van der Waals surface area contributed by atoms with Crippen molar-refractivity contribution in [2.24, 2.45) is 17.8 Å². The number of carbonyl (C=O) groups is 2. The number of nitrogens with zero attached hydrogens (tertiary/aromatic N) is 4. The number of halogens is 1. The van der Waals surface area contributed by atoms with Crippen molar-refractivity contribution in [3.63, 3.8) is 0 Å². The second-order valence-corrected chi connectivity index (χ2v) is 11.9. The highest BCUT2D eigenvalue weighted by Gasteiger charge is 2.50. The number of imide groups is 1. The van der Waals surface area contributed by atoms with E-state index in [9.17, 15) is 32.5 Å². The van der Waals surface area contributed by atoms with Crippen LogP contribution in [0.2, 0.25) is 0 Å². The van der Waals surface area contributed by atoms with E-state index in [1.807, 2.05) is 0 Å². The Morgan fingerprint density at radius 1 is 0.946 bits per heavy atom. The summed E-state index contributed by atoms with van der Waals surface area (Å²) in [6.45, 7) is 2.63. The van der Waals surface area contributed by atoms with Crippen LogP contribution in [0.4, 0.5) is 21.5 Å². The molecular weight excluding hydrogens is 503 g/mol. The van der Waals surface area contributed by atoms with E-state index in [1.54, 1.807) is 11.0 Å². The topological polar surface area (TPSA) is 121 Å². The number of sulfonamides is 1. The van der Waals surface area contributed by atoms with Gasteiger partial charge in [0.2, 0.25) is 21.8 Å². The van der Waals surface area contributed by atoms with E-state index in [2.05, 4.69) is 6.92 Å². The smallest absolute Gasteiger partial charge is 0.294 e. The molecule has 3 aliphatic rings. The Kier molecular flexibility index (Phi) is 6.48. The van der Waals surface area contributed by atoms with Gasteiger partial charge in [-0.05, 0) is 61.6 Å². The second kappa shape index (κ2) is 9.49. The van der Waals surface area contributed by atoms with Gasteiger partial charge in [0.05, 0.1) is 27.3 Å². The summed E-state index contributed by atoms with van der Waals surface area (Å²) in [7, 11) is -3.83. The molecular formula is C25H27FN4O6S. The van der Waals surface area contributed by atoms with Gasteiger partial charge < -0.3 is 4.90 Å². The molecule has 2 amide bonds. The van der Waals surface area contributed by atoms with Gasteiger partial charge in [0.25, 0.3) is 5.69 Å². The molecule has 0 aromatic heterocycles. The average Bonchev–Trinajstić information content (AvgIpc) is 3.13. The predicted octanol–water partition coefficient (Wildman–Crippen LogP) is 3.17. The molecule has 0 N–H and O–H groups in total. The number of hydrogen-bond acceptors (Lipinski definition) is 7. The molecule has 5 rings (SSSR count). The van der Waals surface area contributed by atoms with Crippen LogP contribution in [0, 0.1) is 33.7 Å². The Balaban J connectivity index is 1.35. The number of nitro benzene ring substituents is 1. The molecule has 0 bridgehead atoms. The summed E-state index contributed by atoms with van der Waals surface area (Å²) < 4.78 is 40.3. The Morgan fingerprint density at radius 2 is 1.59 bits per heavy atom. The molecule has 0 radical (unpaired) electrons. The summed E-state index contributed by atoms with van der Waals surface area (Å²) in [6.07, 6.45) is 2.14. The molecule has 10 nitrogen and oxygen atoms in total. The third kappa shape index (κ3) is 4.48. The van der Waals surface area contributed by atoms with Gasteiger partial charge in [-0.25, -0.2) is 17.7 Å². The van der Waals surface area contributed by atoms with Crippen molar-refractivity contribution in [2.45, 2.75) is 31.1 Å². The number of carbonyl (C=O) groups excluding carboxylic acids is 2. The maximum atomic E-state index is 13.2. The minimum atomic E-state index is -3.83. The van der Waals surface area contributed by atoms with Crippen molar-refractivity contribution in [3.8, 4) is 0 Å². The average molecular weight is 531 g/mol. The minimum absolute atomic E-state index is 0.0207. The summed E-state index contributed by atoms with van der Waals surface area (Å²) in [6, 6.07) is 8.90. The molecule has 12 heteroatoms. The fourth-order valence-corrected chi connectivity index (χ4v) is 7.06. The summed E-state index contributed by atoms with van der Waals surface area (Å²) in [4.78, 5) is 40.3. The minimum Gasteiger partial charge on any atom is -0.363 e. The van der Waals surface area contributed by atoms with Crippen molar-refractivity contribution in [2.75, 3.05) is 36.0 Å². The van der Waals surface area contributed by atoms with Crippen molar-refractivity contribution in [1.29, 1.82) is 0 Å². The molecule has 2 aromatic carbocycles. The van der Waals surface area contributed by atoms with Gasteiger partial charge >= 0.3 is 0 Å². The largest absolute Gasteiger partial charge is 0.363 e. The van der Waals surface area contributed by atoms with E-state index in [0.29, 0.717) is 18.8 Å². The van der Waals surface area contributed by atoms with Gasteiger partial charge in [-0.2, -0.15) is 4.31 Å². The third-order valence-electron chi connectivity index (χ3n) is 7.63. The maximum Gasteiger partial charge on any atom is 0.294 e. The number of amides is 2. The number of fused-ring (bicyclic) bond motifs is 1. The van der Waals surface area contributed by atoms with E-state index < -0.39 is 20.8 Å². The maximum absolute atomic E-state index is 13.2. The molecule has 0 unspecified atom stereocenters.